The highest BCUT2D eigenvalue weighted by atomic mass is 35.5. The van der Waals surface area contributed by atoms with Crippen LogP contribution in [0.2, 0.25) is 5.02 Å². The first-order chi connectivity index (χ1) is 7.09. The van der Waals surface area contributed by atoms with Crippen molar-refractivity contribution in [3.8, 4) is 0 Å². The molecule has 0 bridgehead atoms. The first kappa shape index (κ1) is 10.5. The Morgan fingerprint density at radius 2 is 2.33 bits per heavy atom. The number of thiophene rings is 1. The maximum absolute atomic E-state index is 10.7. The molecule has 0 atom stereocenters. The summed E-state index contributed by atoms with van der Waals surface area (Å²) >= 11 is 7.79. The van der Waals surface area contributed by atoms with E-state index in [0.717, 1.165) is 21.2 Å². The van der Waals surface area contributed by atoms with Crippen molar-refractivity contribution in [3.63, 3.8) is 0 Å². The summed E-state index contributed by atoms with van der Waals surface area (Å²) in [7, 11) is 0. The van der Waals surface area contributed by atoms with Crippen LogP contribution in [-0.4, -0.2) is 11.1 Å². The average Bonchev–Trinajstić information content (AvgIpc) is 2.59. The summed E-state index contributed by atoms with van der Waals surface area (Å²) < 4.78 is 1.10. The van der Waals surface area contributed by atoms with E-state index in [0.29, 0.717) is 5.02 Å². The van der Waals surface area contributed by atoms with Crippen LogP contribution in [0, 0.1) is 6.92 Å². The number of carboxylic acids is 1. The molecule has 0 fully saturated rings. The number of halogens is 1. The average molecular weight is 241 g/mol. The fraction of sp³-hybridized carbons (Fsp3) is 0.182. The van der Waals surface area contributed by atoms with Crippen LogP contribution >= 0.6 is 22.9 Å². The van der Waals surface area contributed by atoms with Gasteiger partial charge in [0.25, 0.3) is 0 Å². The topological polar surface area (TPSA) is 37.3 Å². The van der Waals surface area contributed by atoms with Crippen molar-refractivity contribution in [2.24, 2.45) is 0 Å². The molecular formula is C11H9ClO2S. The lowest BCUT2D eigenvalue weighted by Gasteiger charge is -2.07. The molecule has 0 aliphatic carbocycles. The Hall–Kier alpha value is -1.06. The Kier molecular flexibility index (Phi) is 2.67. The van der Waals surface area contributed by atoms with Gasteiger partial charge in [0, 0.05) is 10.1 Å². The van der Waals surface area contributed by atoms with Gasteiger partial charge in [-0.1, -0.05) is 11.6 Å². The van der Waals surface area contributed by atoms with Crippen molar-refractivity contribution in [1.82, 2.24) is 0 Å². The number of carboxylic acid groups (broad SMARTS) is 1. The van der Waals surface area contributed by atoms with Gasteiger partial charge < -0.3 is 5.11 Å². The van der Waals surface area contributed by atoms with Crippen molar-refractivity contribution < 1.29 is 9.90 Å². The zero-order valence-corrected chi connectivity index (χ0v) is 9.65. The summed E-state index contributed by atoms with van der Waals surface area (Å²) in [5.74, 6) is -0.852. The quantitative estimate of drug-likeness (QED) is 0.873. The normalized spacial score (nSPS) is 10.8. The van der Waals surface area contributed by atoms with E-state index in [1.54, 1.807) is 11.3 Å². The Labute approximate surface area is 96.1 Å². The van der Waals surface area contributed by atoms with E-state index in [9.17, 15) is 4.79 Å². The number of aryl methyl sites for hydroxylation is 1. The first-order valence-corrected chi connectivity index (χ1v) is 5.72. The van der Waals surface area contributed by atoms with Crippen LogP contribution in [0.3, 0.4) is 0 Å². The third-order valence-electron chi connectivity index (χ3n) is 2.35. The van der Waals surface area contributed by atoms with Gasteiger partial charge in [0.15, 0.2) is 0 Å². The second-order valence-electron chi connectivity index (χ2n) is 3.39. The number of fused-ring (bicyclic) bond motifs is 1. The minimum absolute atomic E-state index is 0.0174. The molecule has 0 radical (unpaired) electrons. The maximum Gasteiger partial charge on any atom is 0.307 e. The maximum atomic E-state index is 10.7. The monoisotopic (exact) mass is 240 g/mol. The van der Waals surface area contributed by atoms with Crippen molar-refractivity contribution in [2.45, 2.75) is 13.3 Å². The van der Waals surface area contributed by atoms with Gasteiger partial charge >= 0.3 is 5.97 Å². The van der Waals surface area contributed by atoms with Gasteiger partial charge in [-0.25, -0.2) is 0 Å². The van der Waals surface area contributed by atoms with Gasteiger partial charge in [0.05, 0.1) is 11.4 Å². The molecule has 0 aliphatic rings. The number of hydrogen-bond donors (Lipinski definition) is 1. The lowest BCUT2D eigenvalue weighted by Crippen LogP contribution is -2.02. The number of rotatable bonds is 2. The summed E-state index contributed by atoms with van der Waals surface area (Å²) in [6.07, 6.45) is -0.0174. The molecule has 0 unspecified atom stereocenters. The van der Waals surface area contributed by atoms with Crippen LogP contribution < -0.4 is 0 Å². The molecule has 1 aromatic carbocycles. The van der Waals surface area contributed by atoms with E-state index >= 15 is 0 Å². The van der Waals surface area contributed by atoms with E-state index in [4.69, 9.17) is 16.7 Å². The van der Waals surface area contributed by atoms with Crippen molar-refractivity contribution >= 4 is 39.0 Å². The van der Waals surface area contributed by atoms with Crippen LogP contribution in [0.15, 0.2) is 17.5 Å². The SMILES string of the molecule is Cc1cc2sccc2c(Cl)c1CC(=O)O. The molecule has 1 aromatic heterocycles. The van der Waals surface area contributed by atoms with Gasteiger partial charge in [0.2, 0.25) is 0 Å². The van der Waals surface area contributed by atoms with E-state index in [2.05, 4.69) is 0 Å². The van der Waals surface area contributed by atoms with Crippen molar-refractivity contribution in [3.05, 3.63) is 33.7 Å². The van der Waals surface area contributed by atoms with Crippen LogP contribution in [0.1, 0.15) is 11.1 Å². The highest BCUT2D eigenvalue weighted by Crippen LogP contribution is 2.33. The lowest BCUT2D eigenvalue weighted by molar-refractivity contribution is -0.136. The second-order valence-corrected chi connectivity index (χ2v) is 4.71. The number of hydrogen-bond acceptors (Lipinski definition) is 2. The summed E-state index contributed by atoms with van der Waals surface area (Å²) in [5, 5.41) is 12.3. The Bertz CT molecular complexity index is 531. The fourth-order valence-corrected chi connectivity index (χ4v) is 2.93. The minimum Gasteiger partial charge on any atom is -0.481 e. The third kappa shape index (κ3) is 1.85. The molecule has 2 rings (SSSR count). The van der Waals surface area contributed by atoms with Crippen molar-refractivity contribution in [1.29, 1.82) is 0 Å². The smallest absolute Gasteiger partial charge is 0.307 e. The lowest BCUT2D eigenvalue weighted by atomic mass is 10.0. The van der Waals surface area contributed by atoms with Gasteiger partial charge in [-0.2, -0.15) is 0 Å². The summed E-state index contributed by atoms with van der Waals surface area (Å²) in [4.78, 5) is 10.7. The zero-order chi connectivity index (χ0) is 11.0. The largest absolute Gasteiger partial charge is 0.481 e. The van der Waals surface area contributed by atoms with E-state index < -0.39 is 5.97 Å². The molecule has 2 aromatic rings. The number of aliphatic carboxylic acids is 1. The molecule has 78 valence electrons. The van der Waals surface area contributed by atoms with Gasteiger partial charge in [-0.05, 0) is 35.6 Å². The molecule has 0 aliphatic heterocycles. The zero-order valence-electron chi connectivity index (χ0n) is 8.08. The molecule has 1 N–H and O–H groups in total. The fourth-order valence-electron chi connectivity index (χ4n) is 1.60. The van der Waals surface area contributed by atoms with Gasteiger partial charge in [-0.15, -0.1) is 11.3 Å². The van der Waals surface area contributed by atoms with E-state index in [1.807, 2.05) is 24.4 Å². The Balaban J connectivity index is 2.66. The molecule has 0 amide bonds. The summed E-state index contributed by atoms with van der Waals surface area (Å²) in [5.41, 5.74) is 1.66. The van der Waals surface area contributed by atoms with Gasteiger partial charge in [0.1, 0.15) is 0 Å². The van der Waals surface area contributed by atoms with Crippen LogP contribution in [0.25, 0.3) is 10.1 Å². The number of benzene rings is 1. The van der Waals surface area contributed by atoms with E-state index in [1.165, 1.54) is 0 Å². The first-order valence-electron chi connectivity index (χ1n) is 4.46. The van der Waals surface area contributed by atoms with Crippen LogP contribution in [0.5, 0.6) is 0 Å². The Morgan fingerprint density at radius 1 is 1.60 bits per heavy atom. The molecule has 0 saturated carbocycles. The number of carbonyl (C=O) groups is 1. The molecule has 0 spiro atoms. The predicted octanol–water partition coefficient (Wildman–Crippen LogP) is 3.49. The third-order valence-corrected chi connectivity index (χ3v) is 3.64. The van der Waals surface area contributed by atoms with Crippen molar-refractivity contribution in [2.75, 3.05) is 0 Å². The van der Waals surface area contributed by atoms with E-state index in [-0.39, 0.29) is 6.42 Å². The molecule has 0 saturated heterocycles. The minimum atomic E-state index is -0.852. The van der Waals surface area contributed by atoms with Crippen LogP contribution in [0.4, 0.5) is 0 Å². The van der Waals surface area contributed by atoms with Crippen LogP contribution in [-0.2, 0) is 11.2 Å². The molecule has 2 nitrogen and oxygen atoms in total. The molecule has 15 heavy (non-hydrogen) atoms. The second kappa shape index (κ2) is 3.83. The summed E-state index contributed by atoms with van der Waals surface area (Å²) in [6, 6.07) is 3.91. The summed E-state index contributed by atoms with van der Waals surface area (Å²) in [6.45, 7) is 1.89. The molecular weight excluding hydrogens is 232 g/mol. The van der Waals surface area contributed by atoms with Gasteiger partial charge in [-0.3, -0.25) is 4.79 Å². The molecule has 1 heterocycles. The predicted molar refractivity (Wildman–Crippen MR) is 62.9 cm³/mol. The highest BCUT2D eigenvalue weighted by Gasteiger charge is 2.12. The highest BCUT2D eigenvalue weighted by molar-refractivity contribution is 7.17. The Morgan fingerprint density at radius 3 is 3.00 bits per heavy atom. The standard InChI is InChI=1S/C11H9ClO2S/c1-6-4-9-7(2-3-15-9)11(12)8(6)5-10(13)14/h2-4H,5H2,1H3,(H,13,14). The molecule has 4 heteroatoms.